The second-order valence-corrected chi connectivity index (χ2v) is 5.82. The van der Waals surface area contributed by atoms with Crippen molar-refractivity contribution in [2.45, 2.75) is 25.8 Å². The minimum Gasteiger partial charge on any atom is -0.355 e. The quantitative estimate of drug-likeness (QED) is 0.742. The average Bonchev–Trinajstić information content (AvgIpc) is 2.49. The first-order chi connectivity index (χ1) is 10.9. The van der Waals surface area contributed by atoms with Gasteiger partial charge in [0.25, 0.3) is 0 Å². The number of hydrogen-bond acceptors (Lipinski definition) is 3. The number of amides is 2. The number of nitrogens with zero attached hydrogens (tertiary/aromatic N) is 2. The van der Waals surface area contributed by atoms with E-state index in [1.807, 2.05) is 6.92 Å². The van der Waals surface area contributed by atoms with Gasteiger partial charge in [0.15, 0.2) is 0 Å². The maximum Gasteiger partial charge on any atom is 0.244 e. The zero-order valence-electron chi connectivity index (χ0n) is 14.3. The van der Waals surface area contributed by atoms with Crippen molar-refractivity contribution in [3.8, 4) is 0 Å². The number of hydrogen-bond donors (Lipinski definition) is 1. The van der Waals surface area contributed by atoms with E-state index in [9.17, 15) is 14.0 Å². The van der Waals surface area contributed by atoms with Crippen LogP contribution in [-0.4, -0.2) is 55.8 Å². The lowest BCUT2D eigenvalue weighted by Gasteiger charge is -2.28. The molecule has 0 aliphatic carbocycles. The summed E-state index contributed by atoms with van der Waals surface area (Å²) in [5.41, 5.74) is 0.694. The monoisotopic (exact) mass is 323 g/mol. The van der Waals surface area contributed by atoms with Gasteiger partial charge in [-0.15, -0.1) is 0 Å². The van der Waals surface area contributed by atoms with Gasteiger partial charge < -0.3 is 10.2 Å². The van der Waals surface area contributed by atoms with E-state index in [1.54, 1.807) is 38.2 Å². The maximum absolute atomic E-state index is 13.1. The minimum atomic E-state index is -0.552. The number of nitrogens with one attached hydrogen (secondary N) is 1. The van der Waals surface area contributed by atoms with Gasteiger partial charge in [-0.2, -0.15) is 0 Å². The van der Waals surface area contributed by atoms with Crippen molar-refractivity contribution in [1.29, 1.82) is 0 Å². The van der Waals surface area contributed by atoms with Crippen LogP contribution in [-0.2, 0) is 9.59 Å². The predicted octanol–water partition coefficient (Wildman–Crippen LogP) is 1.80. The highest BCUT2D eigenvalue weighted by molar-refractivity contribution is 5.88. The molecule has 1 atom stereocenters. The molecule has 0 bridgehead atoms. The molecule has 0 saturated carbocycles. The first kappa shape index (κ1) is 19.1. The molecule has 5 nitrogen and oxygen atoms in total. The molecule has 1 aromatic rings. The predicted molar refractivity (Wildman–Crippen MR) is 88.4 cm³/mol. The molecule has 2 amide bonds. The lowest BCUT2D eigenvalue weighted by atomic mass is 10.0. The zero-order chi connectivity index (χ0) is 17.4. The van der Waals surface area contributed by atoms with Gasteiger partial charge in [0.1, 0.15) is 11.9 Å². The Morgan fingerprint density at radius 1 is 1.17 bits per heavy atom. The Morgan fingerprint density at radius 3 is 2.30 bits per heavy atom. The van der Waals surface area contributed by atoms with E-state index in [1.165, 1.54) is 17.0 Å². The zero-order valence-corrected chi connectivity index (χ0v) is 14.3. The fourth-order valence-electron chi connectivity index (χ4n) is 2.27. The lowest BCUT2D eigenvalue weighted by Crippen LogP contribution is -2.43. The van der Waals surface area contributed by atoms with Crippen LogP contribution in [0.5, 0.6) is 0 Å². The first-order valence-corrected chi connectivity index (χ1v) is 7.80. The van der Waals surface area contributed by atoms with Crippen molar-refractivity contribution < 1.29 is 14.0 Å². The van der Waals surface area contributed by atoms with E-state index >= 15 is 0 Å². The third kappa shape index (κ3) is 5.98. The summed E-state index contributed by atoms with van der Waals surface area (Å²) >= 11 is 0. The molecule has 1 N–H and O–H groups in total. The Bertz CT molecular complexity index is 517. The molecule has 0 fully saturated rings. The summed E-state index contributed by atoms with van der Waals surface area (Å²) in [6, 6.07) is 5.29. The third-order valence-electron chi connectivity index (χ3n) is 3.55. The van der Waals surface area contributed by atoms with Crippen molar-refractivity contribution in [1.82, 2.24) is 15.1 Å². The van der Waals surface area contributed by atoms with Crippen LogP contribution >= 0.6 is 0 Å². The number of benzene rings is 1. The highest BCUT2D eigenvalue weighted by Crippen LogP contribution is 2.20. The van der Waals surface area contributed by atoms with Crippen molar-refractivity contribution >= 4 is 11.8 Å². The van der Waals surface area contributed by atoms with Crippen molar-refractivity contribution in [3.63, 3.8) is 0 Å². The van der Waals surface area contributed by atoms with Gasteiger partial charge in [-0.05, 0) is 38.2 Å². The topological polar surface area (TPSA) is 52.7 Å². The van der Waals surface area contributed by atoms with Crippen LogP contribution in [0, 0.1) is 5.82 Å². The molecule has 0 heterocycles. The normalized spacial score (nSPS) is 12.1. The lowest BCUT2D eigenvalue weighted by molar-refractivity contribution is -0.138. The average molecular weight is 323 g/mol. The third-order valence-corrected chi connectivity index (χ3v) is 3.55. The molecule has 0 aromatic heterocycles. The molecule has 128 valence electrons. The van der Waals surface area contributed by atoms with E-state index < -0.39 is 6.04 Å². The minimum absolute atomic E-state index is 0.00802. The second-order valence-electron chi connectivity index (χ2n) is 5.82. The van der Waals surface area contributed by atoms with E-state index in [2.05, 4.69) is 5.32 Å². The number of rotatable bonds is 8. The molecule has 1 unspecified atom stereocenters. The summed E-state index contributed by atoms with van der Waals surface area (Å²) in [6.07, 6.45) is 1.92. The Kier molecular flexibility index (Phi) is 7.68. The molecule has 0 aliphatic rings. The van der Waals surface area contributed by atoms with Gasteiger partial charge in [0.2, 0.25) is 11.8 Å². The van der Waals surface area contributed by atoms with Gasteiger partial charge in [-0.3, -0.25) is 14.5 Å². The van der Waals surface area contributed by atoms with Gasteiger partial charge in [-0.1, -0.05) is 25.5 Å². The van der Waals surface area contributed by atoms with E-state index in [0.29, 0.717) is 12.1 Å². The fraction of sp³-hybridized carbons (Fsp3) is 0.529. The maximum atomic E-state index is 13.1. The number of likely N-dealkylation sites (N-methyl/N-ethyl adjacent to an activating group) is 2. The second kappa shape index (κ2) is 9.25. The van der Waals surface area contributed by atoms with Crippen LogP contribution < -0.4 is 5.32 Å². The number of halogens is 1. The fourth-order valence-corrected chi connectivity index (χ4v) is 2.27. The number of unbranched alkanes of at least 4 members (excludes halogenated alkanes) is 1. The largest absolute Gasteiger partial charge is 0.355 e. The molecular formula is C17H26FN3O2. The van der Waals surface area contributed by atoms with Gasteiger partial charge >= 0.3 is 0 Å². The van der Waals surface area contributed by atoms with E-state index in [4.69, 9.17) is 0 Å². The van der Waals surface area contributed by atoms with Gasteiger partial charge in [-0.25, -0.2) is 4.39 Å². The summed E-state index contributed by atoms with van der Waals surface area (Å²) in [4.78, 5) is 27.6. The number of carbonyl (C=O) groups is 2. The molecule has 0 spiro atoms. The molecule has 1 rings (SSSR count). The summed E-state index contributed by atoms with van der Waals surface area (Å²) in [6.45, 7) is 2.67. The van der Waals surface area contributed by atoms with Crippen molar-refractivity contribution in [2.24, 2.45) is 0 Å². The molecule has 6 heteroatoms. The Balaban J connectivity index is 2.73. The Hall–Kier alpha value is -1.95. The highest BCUT2D eigenvalue weighted by atomic mass is 19.1. The first-order valence-electron chi connectivity index (χ1n) is 7.80. The smallest absolute Gasteiger partial charge is 0.244 e. The van der Waals surface area contributed by atoms with Crippen molar-refractivity contribution in [3.05, 3.63) is 35.6 Å². The summed E-state index contributed by atoms with van der Waals surface area (Å²) in [5, 5.41) is 2.79. The summed E-state index contributed by atoms with van der Waals surface area (Å²) in [7, 11) is 5.16. The highest BCUT2D eigenvalue weighted by Gasteiger charge is 2.26. The van der Waals surface area contributed by atoms with Crippen molar-refractivity contribution in [2.75, 3.05) is 34.2 Å². The summed E-state index contributed by atoms with van der Waals surface area (Å²) in [5.74, 6) is -0.722. The van der Waals surface area contributed by atoms with Gasteiger partial charge in [0.05, 0.1) is 6.54 Å². The van der Waals surface area contributed by atoms with Crippen LogP contribution in [0.15, 0.2) is 24.3 Å². The van der Waals surface area contributed by atoms with Crippen LogP contribution in [0.4, 0.5) is 4.39 Å². The number of carbonyl (C=O) groups excluding carboxylic acids is 2. The Morgan fingerprint density at radius 2 is 1.78 bits per heavy atom. The molecular weight excluding hydrogens is 297 g/mol. The Labute approximate surface area is 137 Å². The molecule has 1 aromatic carbocycles. The molecule has 0 aliphatic heterocycles. The SMILES string of the molecule is CCCCNC(=O)CN(C)C(=O)C(c1ccc(F)cc1)N(C)C. The van der Waals surface area contributed by atoms with Crippen LogP contribution in [0.2, 0.25) is 0 Å². The van der Waals surface area contributed by atoms with Crippen LogP contribution in [0.25, 0.3) is 0 Å². The summed E-state index contributed by atoms with van der Waals surface area (Å²) < 4.78 is 13.1. The van der Waals surface area contributed by atoms with E-state index in [-0.39, 0.29) is 24.2 Å². The van der Waals surface area contributed by atoms with Crippen LogP contribution in [0.3, 0.4) is 0 Å². The van der Waals surface area contributed by atoms with E-state index in [0.717, 1.165) is 12.8 Å². The van der Waals surface area contributed by atoms with Crippen LogP contribution in [0.1, 0.15) is 31.4 Å². The van der Waals surface area contributed by atoms with Gasteiger partial charge in [0, 0.05) is 13.6 Å². The standard InChI is InChI=1S/C17H26FN3O2/c1-5-6-11-19-15(22)12-21(4)17(23)16(20(2)3)13-7-9-14(18)10-8-13/h7-10,16H,5-6,11-12H2,1-4H3,(H,19,22). The molecule has 0 radical (unpaired) electrons. The molecule has 0 saturated heterocycles. The molecule has 23 heavy (non-hydrogen) atoms.